The van der Waals surface area contributed by atoms with Crippen molar-refractivity contribution in [3.63, 3.8) is 0 Å². The Labute approximate surface area is 145 Å². The van der Waals surface area contributed by atoms with Crippen LogP contribution in [0.3, 0.4) is 0 Å². The average molecular weight is 394 g/mol. The summed E-state index contributed by atoms with van der Waals surface area (Å²) >= 11 is 5.01. The Balaban J connectivity index is 0.00000220. The SMILES string of the molecule is CC(Sc1ccc(Br)cc1)C(=O)NCC1CCCNC1.Cl. The van der Waals surface area contributed by atoms with E-state index in [4.69, 9.17) is 0 Å². The Morgan fingerprint density at radius 2 is 2.19 bits per heavy atom. The lowest BCUT2D eigenvalue weighted by Crippen LogP contribution is -2.40. The molecule has 1 aliphatic heterocycles. The Hall–Kier alpha value is -0.230. The molecule has 6 heteroatoms. The van der Waals surface area contributed by atoms with Crippen LogP contribution in [0.5, 0.6) is 0 Å². The zero-order valence-corrected chi connectivity index (χ0v) is 15.3. The third-order valence-electron chi connectivity index (χ3n) is 3.46. The minimum atomic E-state index is -0.0623. The van der Waals surface area contributed by atoms with Crippen LogP contribution < -0.4 is 10.6 Å². The van der Waals surface area contributed by atoms with Crippen molar-refractivity contribution in [2.45, 2.75) is 29.9 Å². The maximum Gasteiger partial charge on any atom is 0.233 e. The van der Waals surface area contributed by atoms with Gasteiger partial charge in [-0.1, -0.05) is 15.9 Å². The molecule has 2 unspecified atom stereocenters. The molecule has 2 rings (SSSR count). The van der Waals surface area contributed by atoms with E-state index >= 15 is 0 Å². The van der Waals surface area contributed by atoms with Gasteiger partial charge in [-0.15, -0.1) is 24.2 Å². The third-order valence-corrected chi connectivity index (χ3v) is 5.10. The molecule has 1 heterocycles. The molecule has 1 saturated heterocycles. The number of amides is 1. The quantitative estimate of drug-likeness (QED) is 0.753. The fourth-order valence-electron chi connectivity index (χ4n) is 2.26. The molecular weight excluding hydrogens is 372 g/mol. The van der Waals surface area contributed by atoms with Gasteiger partial charge in [-0.3, -0.25) is 4.79 Å². The molecule has 1 aromatic carbocycles. The Kier molecular flexibility index (Phi) is 8.71. The summed E-state index contributed by atoms with van der Waals surface area (Å²) in [6, 6.07) is 8.06. The van der Waals surface area contributed by atoms with E-state index in [1.165, 1.54) is 12.8 Å². The number of piperidine rings is 1. The van der Waals surface area contributed by atoms with Crippen LogP contribution in [-0.4, -0.2) is 30.8 Å². The van der Waals surface area contributed by atoms with Crippen molar-refractivity contribution >= 4 is 46.0 Å². The number of carbonyl (C=O) groups is 1. The second-order valence-corrected chi connectivity index (χ2v) is 7.50. The second kappa shape index (κ2) is 9.72. The monoisotopic (exact) mass is 392 g/mol. The molecule has 1 aromatic rings. The Morgan fingerprint density at radius 1 is 1.48 bits per heavy atom. The standard InChI is InChI=1S/C15H21BrN2OS.ClH/c1-11(20-14-6-4-13(16)5-7-14)15(19)18-10-12-3-2-8-17-9-12;/h4-7,11-12,17H,2-3,8-10H2,1H3,(H,18,19);1H. The fourth-order valence-corrected chi connectivity index (χ4v) is 3.41. The smallest absolute Gasteiger partial charge is 0.233 e. The van der Waals surface area contributed by atoms with E-state index in [2.05, 4.69) is 26.6 Å². The molecule has 0 aliphatic carbocycles. The van der Waals surface area contributed by atoms with Crippen molar-refractivity contribution in [1.82, 2.24) is 10.6 Å². The average Bonchev–Trinajstić information content (AvgIpc) is 2.48. The first kappa shape index (κ1) is 18.8. The van der Waals surface area contributed by atoms with Crippen molar-refractivity contribution in [3.8, 4) is 0 Å². The van der Waals surface area contributed by atoms with Crippen LogP contribution in [0.25, 0.3) is 0 Å². The number of rotatable bonds is 5. The minimum Gasteiger partial charge on any atom is -0.355 e. The maximum absolute atomic E-state index is 12.1. The van der Waals surface area contributed by atoms with E-state index in [1.54, 1.807) is 11.8 Å². The topological polar surface area (TPSA) is 41.1 Å². The molecule has 0 radical (unpaired) electrons. The molecule has 0 saturated carbocycles. The number of halogens is 2. The summed E-state index contributed by atoms with van der Waals surface area (Å²) in [6.45, 7) is 4.88. The number of carbonyl (C=O) groups excluding carboxylic acids is 1. The molecule has 3 nitrogen and oxygen atoms in total. The zero-order chi connectivity index (χ0) is 14.4. The molecule has 118 valence electrons. The van der Waals surface area contributed by atoms with Crippen LogP contribution in [-0.2, 0) is 4.79 Å². The summed E-state index contributed by atoms with van der Waals surface area (Å²) in [5, 5.41) is 6.38. The number of hydrogen-bond donors (Lipinski definition) is 2. The van der Waals surface area contributed by atoms with Gasteiger partial charge < -0.3 is 10.6 Å². The van der Waals surface area contributed by atoms with Gasteiger partial charge in [0.1, 0.15) is 0 Å². The van der Waals surface area contributed by atoms with Gasteiger partial charge in [0.2, 0.25) is 5.91 Å². The molecular formula is C15H22BrClN2OS. The summed E-state index contributed by atoms with van der Waals surface area (Å²) in [6.07, 6.45) is 2.42. The van der Waals surface area contributed by atoms with E-state index in [0.29, 0.717) is 5.92 Å². The van der Waals surface area contributed by atoms with E-state index in [-0.39, 0.29) is 23.6 Å². The van der Waals surface area contributed by atoms with Crippen LogP contribution in [0.1, 0.15) is 19.8 Å². The molecule has 0 aromatic heterocycles. The highest BCUT2D eigenvalue weighted by Crippen LogP contribution is 2.24. The molecule has 2 atom stereocenters. The van der Waals surface area contributed by atoms with Gasteiger partial charge in [0, 0.05) is 15.9 Å². The first-order chi connectivity index (χ1) is 9.65. The molecule has 21 heavy (non-hydrogen) atoms. The predicted octanol–water partition coefficient (Wildman–Crippen LogP) is 3.47. The normalized spacial score (nSPS) is 19.4. The summed E-state index contributed by atoms with van der Waals surface area (Å²) in [7, 11) is 0. The van der Waals surface area contributed by atoms with E-state index in [1.807, 2.05) is 31.2 Å². The highest BCUT2D eigenvalue weighted by molar-refractivity contribution is 9.10. The number of nitrogens with one attached hydrogen (secondary N) is 2. The summed E-state index contributed by atoms with van der Waals surface area (Å²) < 4.78 is 1.06. The second-order valence-electron chi connectivity index (χ2n) is 5.17. The molecule has 1 aliphatic rings. The molecule has 0 bridgehead atoms. The van der Waals surface area contributed by atoms with Crippen molar-refractivity contribution in [2.75, 3.05) is 19.6 Å². The number of thioether (sulfide) groups is 1. The van der Waals surface area contributed by atoms with Crippen molar-refractivity contribution in [1.29, 1.82) is 0 Å². The minimum absolute atomic E-state index is 0. The molecule has 1 amide bonds. The van der Waals surface area contributed by atoms with Crippen LogP contribution >= 0.6 is 40.1 Å². The van der Waals surface area contributed by atoms with Crippen LogP contribution in [0.2, 0.25) is 0 Å². The summed E-state index contributed by atoms with van der Waals surface area (Å²) in [5.41, 5.74) is 0. The first-order valence-corrected chi connectivity index (χ1v) is 8.73. The van der Waals surface area contributed by atoms with Crippen LogP contribution in [0.15, 0.2) is 33.6 Å². The van der Waals surface area contributed by atoms with Crippen molar-refractivity contribution in [2.24, 2.45) is 5.92 Å². The van der Waals surface area contributed by atoms with E-state index in [0.717, 1.165) is 29.0 Å². The Morgan fingerprint density at radius 3 is 2.81 bits per heavy atom. The largest absolute Gasteiger partial charge is 0.355 e. The maximum atomic E-state index is 12.1. The highest BCUT2D eigenvalue weighted by atomic mass is 79.9. The predicted molar refractivity (Wildman–Crippen MR) is 95.3 cm³/mol. The van der Waals surface area contributed by atoms with E-state index < -0.39 is 0 Å². The van der Waals surface area contributed by atoms with Crippen LogP contribution in [0.4, 0.5) is 0 Å². The summed E-state index contributed by atoms with van der Waals surface area (Å²) in [5.74, 6) is 0.709. The highest BCUT2D eigenvalue weighted by Gasteiger charge is 2.17. The van der Waals surface area contributed by atoms with Gasteiger partial charge in [0.15, 0.2) is 0 Å². The Bertz CT molecular complexity index is 438. The summed E-state index contributed by atoms with van der Waals surface area (Å²) in [4.78, 5) is 13.2. The molecule has 0 spiro atoms. The van der Waals surface area contributed by atoms with Gasteiger partial charge in [-0.2, -0.15) is 0 Å². The van der Waals surface area contributed by atoms with Gasteiger partial charge in [-0.05, 0) is 63.0 Å². The zero-order valence-electron chi connectivity index (χ0n) is 12.1. The van der Waals surface area contributed by atoms with Gasteiger partial charge in [-0.25, -0.2) is 0 Å². The lowest BCUT2D eigenvalue weighted by molar-refractivity contribution is -0.120. The molecule has 1 fully saturated rings. The van der Waals surface area contributed by atoms with Gasteiger partial charge >= 0.3 is 0 Å². The van der Waals surface area contributed by atoms with Crippen molar-refractivity contribution in [3.05, 3.63) is 28.7 Å². The van der Waals surface area contributed by atoms with Gasteiger partial charge in [0.25, 0.3) is 0 Å². The van der Waals surface area contributed by atoms with Crippen molar-refractivity contribution < 1.29 is 4.79 Å². The third kappa shape index (κ3) is 6.59. The number of benzene rings is 1. The molecule has 2 N–H and O–H groups in total. The lowest BCUT2D eigenvalue weighted by Gasteiger charge is -2.23. The van der Waals surface area contributed by atoms with E-state index in [9.17, 15) is 4.79 Å². The lowest BCUT2D eigenvalue weighted by atomic mass is 10.00. The van der Waals surface area contributed by atoms with Crippen LogP contribution in [0, 0.1) is 5.92 Å². The number of hydrogen-bond acceptors (Lipinski definition) is 3. The first-order valence-electron chi connectivity index (χ1n) is 7.06. The fraction of sp³-hybridized carbons (Fsp3) is 0.533. The van der Waals surface area contributed by atoms with Gasteiger partial charge in [0.05, 0.1) is 5.25 Å².